The van der Waals surface area contributed by atoms with Gasteiger partial charge >= 0.3 is 0 Å². The smallest absolute Gasteiger partial charge is 0.128 e. The number of aryl methyl sites for hydroxylation is 2. The van der Waals surface area contributed by atoms with Crippen molar-refractivity contribution in [2.45, 2.75) is 20.4 Å². The average Bonchev–Trinajstić information content (AvgIpc) is 2.54. The summed E-state index contributed by atoms with van der Waals surface area (Å²) in [6.45, 7) is 4.97. The first-order chi connectivity index (χ1) is 7.56. The number of nitrogens with two attached hydrogens (primary N) is 1. The van der Waals surface area contributed by atoms with Crippen LogP contribution in [0.4, 0.5) is 4.39 Å². The summed E-state index contributed by atoms with van der Waals surface area (Å²) in [6.07, 6.45) is 0. The van der Waals surface area contributed by atoms with E-state index in [0.717, 1.165) is 16.6 Å². The average molecular weight is 241 g/mol. The predicted octanol–water partition coefficient (Wildman–Crippen LogP) is 3.01. The summed E-state index contributed by atoms with van der Waals surface area (Å²) in [4.78, 5) is 0. The first-order valence-corrected chi connectivity index (χ1v) is 5.58. The number of rotatable bonds is 2. The molecular weight excluding hydrogens is 227 g/mol. The van der Waals surface area contributed by atoms with E-state index >= 15 is 0 Å². The third kappa shape index (κ3) is 1.60. The van der Waals surface area contributed by atoms with Gasteiger partial charge < -0.3 is 10.3 Å². The fourth-order valence-electron chi connectivity index (χ4n) is 2.05. The molecule has 16 heavy (non-hydrogen) atoms. The van der Waals surface area contributed by atoms with Gasteiger partial charge in [0.1, 0.15) is 5.82 Å². The molecule has 2 rings (SSSR count). The van der Waals surface area contributed by atoms with Crippen molar-refractivity contribution < 1.29 is 4.39 Å². The molecule has 0 aliphatic carbocycles. The maximum absolute atomic E-state index is 13.5. The Morgan fingerprint density at radius 3 is 2.69 bits per heavy atom. The molecule has 0 spiro atoms. The molecule has 4 heteroatoms. The standard InChI is InChI=1S/C12H14ClFN2/c1-7-5-9-8(2)11(14)6-10(13)12(9)16(7)4-3-15/h5-6H,3-4,15H2,1-2H3. The van der Waals surface area contributed by atoms with Gasteiger partial charge in [-0.3, -0.25) is 0 Å². The van der Waals surface area contributed by atoms with Gasteiger partial charge in [-0.25, -0.2) is 4.39 Å². The Morgan fingerprint density at radius 1 is 1.38 bits per heavy atom. The van der Waals surface area contributed by atoms with E-state index in [4.69, 9.17) is 17.3 Å². The molecule has 2 aromatic rings. The van der Waals surface area contributed by atoms with Gasteiger partial charge in [-0.2, -0.15) is 0 Å². The van der Waals surface area contributed by atoms with Crippen LogP contribution < -0.4 is 5.73 Å². The second kappa shape index (κ2) is 4.07. The maximum Gasteiger partial charge on any atom is 0.128 e. The molecule has 0 saturated heterocycles. The minimum atomic E-state index is -0.262. The summed E-state index contributed by atoms with van der Waals surface area (Å²) < 4.78 is 15.5. The van der Waals surface area contributed by atoms with E-state index in [2.05, 4.69) is 0 Å². The Kier molecular flexibility index (Phi) is 2.91. The van der Waals surface area contributed by atoms with Crippen molar-refractivity contribution in [2.24, 2.45) is 5.73 Å². The molecule has 0 radical (unpaired) electrons. The van der Waals surface area contributed by atoms with Crippen molar-refractivity contribution >= 4 is 22.5 Å². The zero-order valence-corrected chi connectivity index (χ0v) is 10.1. The number of aromatic nitrogens is 1. The summed E-state index contributed by atoms with van der Waals surface area (Å²) in [6, 6.07) is 3.32. The molecule has 0 fully saturated rings. The number of fused-ring (bicyclic) bond motifs is 1. The first kappa shape index (κ1) is 11.4. The molecular formula is C12H14ClFN2. The largest absolute Gasteiger partial charge is 0.342 e. The van der Waals surface area contributed by atoms with E-state index in [-0.39, 0.29) is 5.82 Å². The lowest BCUT2D eigenvalue weighted by Gasteiger charge is -2.08. The van der Waals surface area contributed by atoms with Gasteiger partial charge in [-0.1, -0.05) is 11.6 Å². The van der Waals surface area contributed by atoms with E-state index in [1.807, 2.05) is 17.6 Å². The molecule has 0 amide bonds. The highest BCUT2D eigenvalue weighted by Crippen LogP contribution is 2.31. The van der Waals surface area contributed by atoms with Gasteiger partial charge in [0.05, 0.1) is 10.5 Å². The molecule has 1 aromatic heterocycles. The topological polar surface area (TPSA) is 30.9 Å². The highest BCUT2D eigenvalue weighted by atomic mass is 35.5. The van der Waals surface area contributed by atoms with Gasteiger partial charge in [-0.15, -0.1) is 0 Å². The second-order valence-corrected chi connectivity index (χ2v) is 4.36. The van der Waals surface area contributed by atoms with Crippen molar-refractivity contribution in [3.8, 4) is 0 Å². The summed E-state index contributed by atoms with van der Waals surface area (Å²) in [5.41, 5.74) is 8.13. The van der Waals surface area contributed by atoms with Crippen molar-refractivity contribution in [3.05, 3.63) is 34.2 Å². The van der Waals surface area contributed by atoms with Gasteiger partial charge in [0.2, 0.25) is 0 Å². The van der Waals surface area contributed by atoms with Crippen LogP contribution in [0.2, 0.25) is 5.02 Å². The number of benzene rings is 1. The molecule has 86 valence electrons. The van der Waals surface area contributed by atoms with Crippen molar-refractivity contribution in [3.63, 3.8) is 0 Å². The first-order valence-electron chi connectivity index (χ1n) is 5.20. The van der Waals surface area contributed by atoms with Gasteiger partial charge in [0, 0.05) is 24.2 Å². The SMILES string of the molecule is Cc1c(F)cc(Cl)c2c1cc(C)n2CCN. The van der Waals surface area contributed by atoms with Crippen molar-refractivity contribution in [1.82, 2.24) is 4.57 Å². The summed E-state index contributed by atoms with van der Waals surface area (Å²) in [5, 5.41) is 1.32. The zero-order chi connectivity index (χ0) is 11.9. The lowest BCUT2D eigenvalue weighted by atomic mass is 10.1. The quantitative estimate of drug-likeness (QED) is 0.860. The maximum atomic E-state index is 13.5. The number of halogens is 2. The Labute approximate surface area is 98.8 Å². The highest BCUT2D eigenvalue weighted by Gasteiger charge is 2.13. The van der Waals surface area contributed by atoms with Crippen LogP contribution in [-0.2, 0) is 6.54 Å². The molecule has 0 aliphatic rings. The van der Waals surface area contributed by atoms with Gasteiger partial charge in [-0.05, 0) is 31.5 Å². The van der Waals surface area contributed by atoms with Crippen LogP contribution in [-0.4, -0.2) is 11.1 Å². The molecule has 0 bridgehead atoms. The molecule has 0 unspecified atom stereocenters. The van der Waals surface area contributed by atoms with Crippen LogP contribution in [0.3, 0.4) is 0 Å². The third-order valence-electron chi connectivity index (χ3n) is 2.90. The number of hydrogen-bond donors (Lipinski definition) is 1. The van der Waals surface area contributed by atoms with Crippen LogP contribution in [0, 0.1) is 19.7 Å². The lowest BCUT2D eigenvalue weighted by Crippen LogP contribution is -2.10. The molecule has 0 atom stereocenters. The fourth-order valence-corrected chi connectivity index (χ4v) is 2.35. The monoisotopic (exact) mass is 240 g/mol. The normalized spacial score (nSPS) is 11.3. The molecule has 0 saturated carbocycles. The van der Waals surface area contributed by atoms with Crippen molar-refractivity contribution in [1.29, 1.82) is 0 Å². The van der Waals surface area contributed by atoms with E-state index in [1.54, 1.807) is 6.92 Å². The van der Waals surface area contributed by atoms with Gasteiger partial charge in [0.15, 0.2) is 0 Å². The Hall–Kier alpha value is -1.06. The summed E-state index contributed by atoms with van der Waals surface area (Å²) in [5.74, 6) is -0.262. The second-order valence-electron chi connectivity index (χ2n) is 3.95. The molecule has 2 N–H and O–H groups in total. The van der Waals surface area contributed by atoms with E-state index < -0.39 is 0 Å². The lowest BCUT2D eigenvalue weighted by molar-refractivity contribution is 0.620. The van der Waals surface area contributed by atoms with E-state index in [0.29, 0.717) is 23.7 Å². The Balaban J connectivity index is 2.83. The fraction of sp³-hybridized carbons (Fsp3) is 0.333. The van der Waals surface area contributed by atoms with Crippen LogP contribution in [0.5, 0.6) is 0 Å². The Bertz CT molecular complexity index is 546. The predicted molar refractivity (Wildman–Crippen MR) is 65.4 cm³/mol. The Morgan fingerprint density at radius 2 is 2.06 bits per heavy atom. The molecule has 0 aliphatic heterocycles. The van der Waals surface area contributed by atoms with E-state index in [9.17, 15) is 4.39 Å². The minimum Gasteiger partial charge on any atom is -0.342 e. The minimum absolute atomic E-state index is 0.262. The number of hydrogen-bond acceptors (Lipinski definition) is 1. The van der Waals surface area contributed by atoms with Gasteiger partial charge in [0.25, 0.3) is 0 Å². The van der Waals surface area contributed by atoms with E-state index in [1.165, 1.54) is 6.07 Å². The summed E-state index contributed by atoms with van der Waals surface area (Å²) >= 11 is 6.09. The van der Waals surface area contributed by atoms with Crippen LogP contribution in [0.15, 0.2) is 12.1 Å². The van der Waals surface area contributed by atoms with Crippen molar-refractivity contribution in [2.75, 3.05) is 6.54 Å². The number of nitrogens with zero attached hydrogens (tertiary/aromatic N) is 1. The van der Waals surface area contributed by atoms with Crippen LogP contribution in [0.25, 0.3) is 10.9 Å². The highest BCUT2D eigenvalue weighted by molar-refractivity contribution is 6.35. The summed E-state index contributed by atoms with van der Waals surface area (Å²) in [7, 11) is 0. The van der Waals surface area contributed by atoms with Crippen LogP contribution >= 0.6 is 11.6 Å². The molecule has 1 heterocycles. The molecule has 2 nitrogen and oxygen atoms in total. The zero-order valence-electron chi connectivity index (χ0n) is 9.35. The van der Waals surface area contributed by atoms with Crippen LogP contribution in [0.1, 0.15) is 11.3 Å². The molecule has 1 aromatic carbocycles. The third-order valence-corrected chi connectivity index (χ3v) is 3.19.